The molecular formula is C20H20N4O4S. The summed E-state index contributed by atoms with van der Waals surface area (Å²) >= 11 is 1.13. The van der Waals surface area contributed by atoms with Gasteiger partial charge in [0.25, 0.3) is 5.22 Å². The highest BCUT2D eigenvalue weighted by Gasteiger charge is 2.13. The van der Waals surface area contributed by atoms with Crippen LogP contribution in [0.5, 0.6) is 5.75 Å². The number of carbonyl (C=O) groups excluding carboxylic acids is 2. The topological polar surface area (TPSA) is 106 Å². The zero-order valence-electron chi connectivity index (χ0n) is 16.2. The molecule has 0 aliphatic heterocycles. The van der Waals surface area contributed by atoms with Gasteiger partial charge in [-0.3, -0.25) is 9.59 Å². The molecule has 0 fully saturated rings. The van der Waals surface area contributed by atoms with E-state index in [1.807, 2.05) is 31.2 Å². The van der Waals surface area contributed by atoms with E-state index in [0.717, 1.165) is 22.9 Å². The van der Waals surface area contributed by atoms with Crippen molar-refractivity contribution in [1.82, 2.24) is 10.2 Å². The molecule has 0 aliphatic rings. The molecule has 3 rings (SSSR count). The summed E-state index contributed by atoms with van der Waals surface area (Å²) < 4.78 is 10.9. The van der Waals surface area contributed by atoms with Crippen LogP contribution in [0.15, 0.2) is 52.1 Å². The highest BCUT2D eigenvalue weighted by molar-refractivity contribution is 7.99. The number of methoxy groups -OCH3 is 1. The summed E-state index contributed by atoms with van der Waals surface area (Å²) in [4.78, 5) is 23.6. The van der Waals surface area contributed by atoms with Crippen molar-refractivity contribution >= 4 is 35.0 Å². The Morgan fingerprint density at radius 1 is 1.10 bits per heavy atom. The number of aryl methyl sites for hydroxylation is 1. The van der Waals surface area contributed by atoms with Gasteiger partial charge in [0.15, 0.2) is 0 Å². The molecule has 150 valence electrons. The Balaban J connectivity index is 1.61. The van der Waals surface area contributed by atoms with Crippen molar-refractivity contribution in [2.45, 2.75) is 19.1 Å². The van der Waals surface area contributed by atoms with E-state index in [4.69, 9.17) is 9.15 Å². The SMILES string of the molecule is COc1ccc(NC(C)=O)cc1NC(=O)CSc1nnc(-c2ccc(C)cc2)o1. The van der Waals surface area contributed by atoms with Crippen molar-refractivity contribution in [3.63, 3.8) is 0 Å². The number of hydrogen-bond acceptors (Lipinski definition) is 7. The highest BCUT2D eigenvalue weighted by Crippen LogP contribution is 2.29. The molecule has 2 N–H and O–H groups in total. The monoisotopic (exact) mass is 412 g/mol. The second-order valence-electron chi connectivity index (χ2n) is 6.17. The van der Waals surface area contributed by atoms with Gasteiger partial charge in [-0.25, -0.2) is 0 Å². The predicted octanol–water partition coefficient (Wildman–Crippen LogP) is 3.74. The maximum Gasteiger partial charge on any atom is 0.277 e. The Hall–Kier alpha value is -3.33. The number of carbonyl (C=O) groups is 2. The van der Waals surface area contributed by atoms with E-state index in [1.54, 1.807) is 18.2 Å². The zero-order valence-corrected chi connectivity index (χ0v) is 17.0. The summed E-state index contributed by atoms with van der Waals surface area (Å²) in [5, 5.41) is 13.7. The number of benzene rings is 2. The van der Waals surface area contributed by atoms with Crippen LogP contribution in [0.3, 0.4) is 0 Å². The number of aromatic nitrogens is 2. The summed E-state index contributed by atoms with van der Waals surface area (Å²) in [5.41, 5.74) is 2.97. The Kier molecular flexibility index (Phi) is 6.50. The zero-order chi connectivity index (χ0) is 20.8. The van der Waals surface area contributed by atoms with Gasteiger partial charge >= 0.3 is 0 Å². The third-order valence-electron chi connectivity index (χ3n) is 3.83. The first-order valence-electron chi connectivity index (χ1n) is 8.73. The van der Waals surface area contributed by atoms with Crippen molar-refractivity contribution in [3.8, 4) is 17.2 Å². The molecule has 0 radical (unpaired) electrons. The van der Waals surface area contributed by atoms with Crippen LogP contribution in [0.1, 0.15) is 12.5 Å². The fraction of sp³-hybridized carbons (Fsp3) is 0.200. The molecule has 2 amide bonds. The smallest absolute Gasteiger partial charge is 0.277 e. The summed E-state index contributed by atoms with van der Waals surface area (Å²) in [7, 11) is 1.50. The van der Waals surface area contributed by atoms with Gasteiger partial charge in [0.1, 0.15) is 5.75 Å². The van der Waals surface area contributed by atoms with Gasteiger partial charge < -0.3 is 19.8 Å². The van der Waals surface area contributed by atoms with Crippen molar-refractivity contribution in [2.24, 2.45) is 0 Å². The van der Waals surface area contributed by atoms with Gasteiger partial charge in [-0.05, 0) is 37.3 Å². The van der Waals surface area contributed by atoms with E-state index in [1.165, 1.54) is 14.0 Å². The molecular weight excluding hydrogens is 392 g/mol. The van der Waals surface area contributed by atoms with E-state index in [2.05, 4.69) is 20.8 Å². The van der Waals surface area contributed by atoms with Gasteiger partial charge in [-0.2, -0.15) is 0 Å². The lowest BCUT2D eigenvalue weighted by atomic mass is 10.1. The second-order valence-corrected chi connectivity index (χ2v) is 7.10. The van der Waals surface area contributed by atoms with Crippen molar-refractivity contribution < 1.29 is 18.7 Å². The Morgan fingerprint density at radius 2 is 1.86 bits per heavy atom. The normalized spacial score (nSPS) is 10.4. The van der Waals surface area contributed by atoms with Gasteiger partial charge in [0.05, 0.1) is 18.6 Å². The quantitative estimate of drug-likeness (QED) is 0.569. The number of amides is 2. The first-order chi connectivity index (χ1) is 13.9. The first kappa shape index (κ1) is 20.4. The van der Waals surface area contributed by atoms with Crippen LogP contribution in [0.25, 0.3) is 11.5 Å². The van der Waals surface area contributed by atoms with Crippen LogP contribution in [0.4, 0.5) is 11.4 Å². The van der Waals surface area contributed by atoms with E-state index >= 15 is 0 Å². The number of nitrogens with one attached hydrogen (secondary N) is 2. The fourth-order valence-electron chi connectivity index (χ4n) is 2.48. The van der Waals surface area contributed by atoms with Gasteiger partial charge in [0, 0.05) is 18.2 Å². The molecule has 2 aromatic carbocycles. The first-order valence-corrected chi connectivity index (χ1v) is 9.72. The molecule has 0 spiro atoms. The standard InChI is InChI=1S/C20H20N4O4S/c1-12-4-6-14(7-5-12)19-23-24-20(28-19)29-11-18(26)22-16-10-15(21-13(2)25)8-9-17(16)27-3/h4-10H,11H2,1-3H3,(H,21,25)(H,22,26). The van der Waals surface area contributed by atoms with E-state index < -0.39 is 0 Å². The van der Waals surface area contributed by atoms with Gasteiger partial charge in [0.2, 0.25) is 17.7 Å². The minimum atomic E-state index is -0.275. The number of thioether (sulfide) groups is 1. The third-order valence-corrected chi connectivity index (χ3v) is 4.64. The minimum Gasteiger partial charge on any atom is -0.495 e. The second kappa shape index (κ2) is 9.24. The third kappa shape index (κ3) is 5.58. The maximum absolute atomic E-state index is 12.3. The average Bonchev–Trinajstić information content (AvgIpc) is 3.16. The number of anilines is 2. The maximum atomic E-state index is 12.3. The predicted molar refractivity (Wildman–Crippen MR) is 111 cm³/mol. The van der Waals surface area contributed by atoms with Crippen LogP contribution in [-0.4, -0.2) is 34.9 Å². The molecule has 0 aliphatic carbocycles. The van der Waals surface area contributed by atoms with Gasteiger partial charge in [-0.1, -0.05) is 29.5 Å². The summed E-state index contributed by atoms with van der Waals surface area (Å²) in [6, 6.07) is 12.7. The molecule has 1 aromatic heterocycles. The minimum absolute atomic E-state index is 0.0725. The van der Waals surface area contributed by atoms with Crippen LogP contribution >= 0.6 is 11.8 Å². The van der Waals surface area contributed by atoms with Crippen molar-refractivity contribution in [3.05, 3.63) is 48.0 Å². The number of ether oxygens (including phenoxy) is 1. The molecule has 0 unspecified atom stereocenters. The fourth-order valence-corrected chi connectivity index (χ4v) is 3.04. The van der Waals surface area contributed by atoms with Crippen molar-refractivity contribution in [2.75, 3.05) is 23.5 Å². The molecule has 0 saturated carbocycles. The molecule has 0 saturated heterocycles. The lowest BCUT2D eigenvalue weighted by molar-refractivity contribution is -0.114. The van der Waals surface area contributed by atoms with E-state index in [9.17, 15) is 9.59 Å². The molecule has 3 aromatic rings. The molecule has 8 nitrogen and oxygen atoms in total. The highest BCUT2D eigenvalue weighted by atomic mass is 32.2. The summed E-state index contributed by atoms with van der Waals surface area (Å²) in [6.07, 6.45) is 0. The molecule has 0 atom stereocenters. The number of nitrogens with zero attached hydrogens (tertiary/aromatic N) is 2. The average molecular weight is 412 g/mol. The molecule has 9 heteroatoms. The van der Waals surface area contributed by atoms with Crippen LogP contribution in [0.2, 0.25) is 0 Å². The summed E-state index contributed by atoms with van der Waals surface area (Å²) in [6.45, 7) is 3.41. The Labute approximate surface area is 172 Å². The largest absolute Gasteiger partial charge is 0.495 e. The molecule has 1 heterocycles. The summed E-state index contributed by atoms with van der Waals surface area (Å²) in [5.74, 6) is 0.477. The lowest BCUT2D eigenvalue weighted by Gasteiger charge is -2.12. The number of rotatable bonds is 7. The van der Waals surface area contributed by atoms with E-state index in [-0.39, 0.29) is 17.6 Å². The van der Waals surface area contributed by atoms with Crippen molar-refractivity contribution in [1.29, 1.82) is 0 Å². The van der Waals surface area contributed by atoms with Crippen LogP contribution in [0, 0.1) is 6.92 Å². The Morgan fingerprint density at radius 3 is 2.55 bits per heavy atom. The number of hydrogen-bond donors (Lipinski definition) is 2. The molecule has 29 heavy (non-hydrogen) atoms. The molecule has 0 bridgehead atoms. The Bertz CT molecular complexity index is 1020. The van der Waals surface area contributed by atoms with Gasteiger partial charge in [-0.15, -0.1) is 10.2 Å². The van der Waals surface area contributed by atoms with E-state index in [0.29, 0.717) is 28.2 Å². The lowest BCUT2D eigenvalue weighted by Crippen LogP contribution is -2.15. The van der Waals surface area contributed by atoms with Crippen LogP contribution < -0.4 is 15.4 Å². The van der Waals surface area contributed by atoms with Crippen LogP contribution in [-0.2, 0) is 9.59 Å².